The standard InChI is InChI=1S/C29H21N5OS/c30-18-23(28(35)32-29-31-19-26(36-29)16-21-10-4-1-5-11-21)17-24-20-34(25-14-8-3-9-15-25)33-27(24)22-12-6-2-7-13-22/h1-15,17,19-20H,16H2,(H,31,32,35)/b23-17+. The summed E-state index contributed by atoms with van der Waals surface area (Å²) < 4.78 is 1.75. The van der Waals surface area contributed by atoms with Crippen molar-refractivity contribution in [2.24, 2.45) is 0 Å². The molecule has 0 saturated carbocycles. The van der Waals surface area contributed by atoms with Crippen molar-refractivity contribution in [2.45, 2.75) is 6.42 Å². The maximum atomic E-state index is 13.0. The van der Waals surface area contributed by atoms with E-state index in [1.807, 2.05) is 91.1 Å². The zero-order valence-electron chi connectivity index (χ0n) is 19.2. The van der Waals surface area contributed by atoms with Gasteiger partial charge in [-0.25, -0.2) is 9.67 Å². The predicted octanol–water partition coefficient (Wildman–Crippen LogP) is 6.13. The van der Waals surface area contributed by atoms with Crippen LogP contribution in [0.5, 0.6) is 0 Å². The Morgan fingerprint density at radius 1 is 0.972 bits per heavy atom. The van der Waals surface area contributed by atoms with Gasteiger partial charge in [0.2, 0.25) is 0 Å². The van der Waals surface area contributed by atoms with Crippen LogP contribution in [0.2, 0.25) is 0 Å². The molecule has 1 N–H and O–H groups in total. The number of anilines is 1. The Kier molecular flexibility index (Phi) is 6.79. The molecule has 0 aliphatic rings. The number of hydrogen-bond donors (Lipinski definition) is 1. The van der Waals surface area contributed by atoms with Crippen LogP contribution in [0.1, 0.15) is 16.0 Å². The topological polar surface area (TPSA) is 83.6 Å². The van der Waals surface area contributed by atoms with Gasteiger partial charge in [-0.2, -0.15) is 10.4 Å². The number of thiazole rings is 1. The van der Waals surface area contributed by atoms with Gasteiger partial charge in [0.15, 0.2) is 5.13 Å². The molecular weight excluding hydrogens is 466 g/mol. The summed E-state index contributed by atoms with van der Waals surface area (Å²) in [5, 5.41) is 17.8. The fourth-order valence-corrected chi connectivity index (χ4v) is 4.58. The normalized spacial score (nSPS) is 11.1. The number of nitrogens with one attached hydrogen (secondary N) is 1. The zero-order valence-corrected chi connectivity index (χ0v) is 20.0. The van der Waals surface area contributed by atoms with Crippen LogP contribution in [0, 0.1) is 11.3 Å². The van der Waals surface area contributed by atoms with E-state index in [4.69, 9.17) is 5.10 Å². The minimum atomic E-state index is -0.510. The molecule has 0 aliphatic carbocycles. The lowest BCUT2D eigenvalue weighted by molar-refractivity contribution is -0.112. The maximum absolute atomic E-state index is 13.0. The van der Waals surface area contributed by atoms with E-state index in [0.717, 1.165) is 22.5 Å². The van der Waals surface area contributed by atoms with E-state index in [1.54, 1.807) is 17.0 Å². The Labute approximate surface area is 212 Å². The Balaban J connectivity index is 1.41. The molecule has 0 radical (unpaired) electrons. The number of para-hydroxylation sites is 1. The van der Waals surface area contributed by atoms with E-state index in [1.165, 1.54) is 16.9 Å². The van der Waals surface area contributed by atoms with E-state index < -0.39 is 5.91 Å². The fraction of sp³-hybridized carbons (Fsp3) is 0.0345. The number of carbonyl (C=O) groups is 1. The highest BCUT2D eigenvalue weighted by atomic mass is 32.1. The van der Waals surface area contributed by atoms with Crippen molar-refractivity contribution in [2.75, 3.05) is 5.32 Å². The first kappa shape index (κ1) is 23.0. The molecule has 0 fully saturated rings. The van der Waals surface area contributed by atoms with Crippen LogP contribution in [0.25, 0.3) is 23.0 Å². The monoisotopic (exact) mass is 487 g/mol. The van der Waals surface area contributed by atoms with Gasteiger partial charge < -0.3 is 0 Å². The zero-order chi connectivity index (χ0) is 24.7. The Morgan fingerprint density at radius 2 is 1.64 bits per heavy atom. The minimum absolute atomic E-state index is 0.0281. The second-order valence-electron chi connectivity index (χ2n) is 8.00. The average Bonchev–Trinajstić information content (AvgIpc) is 3.55. The van der Waals surface area contributed by atoms with Gasteiger partial charge >= 0.3 is 0 Å². The molecule has 1 amide bonds. The first-order chi connectivity index (χ1) is 17.7. The molecule has 0 aliphatic heterocycles. The number of hydrogen-bond acceptors (Lipinski definition) is 5. The molecule has 7 heteroatoms. The third kappa shape index (κ3) is 5.30. The van der Waals surface area contributed by atoms with Crippen molar-refractivity contribution < 1.29 is 4.79 Å². The summed E-state index contributed by atoms with van der Waals surface area (Å²) in [6, 6.07) is 31.5. The molecule has 5 rings (SSSR count). The van der Waals surface area contributed by atoms with E-state index in [-0.39, 0.29) is 5.57 Å². The van der Waals surface area contributed by atoms with Gasteiger partial charge in [0.1, 0.15) is 11.6 Å². The Hall–Kier alpha value is -4.80. The SMILES string of the molecule is N#C/C(=C\c1cn(-c2ccccc2)nc1-c1ccccc1)C(=O)Nc1ncc(Cc2ccccc2)s1. The van der Waals surface area contributed by atoms with Crippen molar-refractivity contribution in [1.29, 1.82) is 5.26 Å². The molecule has 5 aromatic rings. The second kappa shape index (κ2) is 10.6. The third-order valence-corrected chi connectivity index (χ3v) is 6.38. The lowest BCUT2D eigenvalue weighted by Gasteiger charge is -2.01. The number of rotatable bonds is 7. The summed E-state index contributed by atoms with van der Waals surface area (Å²) >= 11 is 1.40. The maximum Gasteiger partial charge on any atom is 0.268 e. The second-order valence-corrected chi connectivity index (χ2v) is 9.11. The van der Waals surface area contributed by atoms with Crippen molar-refractivity contribution >= 4 is 28.5 Å². The summed E-state index contributed by atoms with van der Waals surface area (Å²) in [6.45, 7) is 0. The minimum Gasteiger partial charge on any atom is -0.297 e. The van der Waals surface area contributed by atoms with Crippen LogP contribution >= 0.6 is 11.3 Å². The number of amides is 1. The van der Waals surface area contributed by atoms with Gasteiger partial charge in [0.05, 0.1) is 11.4 Å². The van der Waals surface area contributed by atoms with E-state index >= 15 is 0 Å². The van der Waals surface area contributed by atoms with Gasteiger partial charge in [0, 0.05) is 34.8 Å². The van der Waals surface area contributed by atoms with Crippen LogP contribution in [-0.2, 0) is 11.2 Å². The van der Waals surface area contributed by atoms with E-state index in [9.17, 15) is 10.1 Å². The molecule has 0 atom stereocenters. The summed E-state index contributed by atoms with van der Waals surface area (Å²) in [7, 11) is 0. The number of aromatic nitrogens is 3. The van der Waals surface area contributed by atoms with Gasteiger partial charge in [-0.15, -0.1) is 11.3 Å². The molecule has 174 valence electrons. The van der Waals surface area contributed by atoms with Crippen molar-refractivity contribution in [3.63, 3.8) is 0 Å². The molecule has 36 heavy (non-hydrogen) atoms. The van der Waals surface area contributed by atoms with E-state index in [0.29, 0.717) is 16.4 Å². The van der Waals surface area contributed by atoms with Crippen molar-refractivity contribution in [3.8, 4) is 23.0 Å². The van der Waals surface area contributed by atoms with E-state index in [2.05, 4.69) is 22.4 Å². The summed E-state index contributed by atoms with van der Waals surface area (Å²) in [6.07, 6.45) is 5.88. The molecule has 0 unspecified atom stereocenters. The third-order valence-electron chi connectivity index (χ3n) is 5.47. The van der Waals surface area contributed by atoms with Crippen LogP contribution in [0.15, 0.2) is 109 Å². The number of benzene rings is 3. The molecule has 2 heterocycles. The van der Waals surface area contributed by atoms with Gasteiger partial charge in [-0.3, -0.25) is 10.1 Å². The molecular formula is C29H21N5OS. The number of nitriles is 1. The summed E-state index contributed by atoms with van der Waals surface area (Å²) in [5.74, 6) is -0.510. The summed E-state index contributed by atoms with van der Waals surface area (Å²) in [4.78, 5) is 18.3. The van der Waals surface area contributed by atoms with Crippen molar-refractivity contribution in [1.82, 2.24) is 14.8 Å². The molecule has 0 saturated heterocycles. The highest BCUT2D eigenvalue weighted by molar-refractivity contribution is 7.15. The van der Waals surface area contributed by atoms with Gasteiger partial charge in [0.25, 0.3) is 5.91 Å². The lowest BCUT2D eigenvalue weighted by atomic mass is 10.1. The first-order valence-corrected chi connectivity index (χ1v) is 12.1. The van der Waals surface area contributed by atoms with Crippen molar-refractivity contribution in [3.05, 3.63) is 125 Å². The average molecular weight is 488 g/mol. The number of nitrogens with zero attached hydrogens (tertiary/aromatic N) is 4. The smallest absolute Gasteiger partial charge is 0.268 e. The number of carbonyl (C=O) groups excluding carboxylic acids is 1. The van der Waals surface area contributed by atoms with Gasteiger partial charge in [-0.1, -0.05) is 78.9 Å². The predicted molar refractivity (Wildman–Crippen MR) is 143 cm³/mol. The highest BCUT2D eigenvalue weighted by Crippen LogP contribution is 2.26. The van der Waals surface area contributed by atoms with Crippen LogP contribution in [0.3, 0.4) is 0 Å². The summed E-state index contributed by atoms with van der Waals surface area (Å²) in [5.41, 5.74) is 4.26. The fourth-order valence-electron chi connectivity index (χ4n) is 3.74. The lowest BCUT2D eigenvalue weighted by Crippen LogP contribution is -2.13. The molecule has 3 aromatic carbocycles. The Bertz CT molecular complexity index is 1550. The molecule has 0 bridgehead atoms. The first-order valence-electron chi connectivity index (χ1n) is 11.3. The molecule has 6 nitrogen and oxygen atoms in total. The Morgan fingerprint density at radius 3 is 2.33 bits per heavy atom. The van der Waals surface area contributed by atoms with Gasteiger partial charge in [-0.05, 0) is 23.8 Å². The van der Waals surface area contributed by atoms with Crippen LogP contribution in [0.4, 0.5) is 5.13 Å². The van der Waals surface area contributed by atoms with Crippen LogP contribution in [-0.4, -0.2) is 20.7 Å². The molecule has 2 aromatic heterocycles. The largest absolute Gasteiger partial charge is 0.297 e. The van der Waals surface area contributed by atoms with Crippen LogP contribution < -0.4 is 5.32 Å². The molecule has 0 spiro atoms. The quantitative estimate of drug-likeness (QED) is 0.221. The highest BCUT2D eigenvalue weighted by Gasteiger charge is 2.16.